The summed E-state index contributed by atoms with van der Waals surface area (Å²) in [6, 6.07) is 5.26. The van der Waals surface area contributed by atoms with E-state index in [0.29, 0.717) is 29.3 Å². The van der Waals surface area contributed by atoms with E-state index in [9.17, 15) is 26.5 Å². The molecule has 0 bridgehead atoms. The number of primary sulfonamides is 1. The van der Waals surface area contributed by atoms with Crippen molar-refractivity contribution in [3.05, 3.63) is 47.7 Å². The molecule has 3 aliphatic heterocycles. The van der Waals surface area contributed by atoms with Crippen molar-refractivity contribution in [1.29, 1.82) is 4.78 Å². The van der Waals surface area contributed by atoms with Gasteiger partial charge in [-0.25, -0.2) is 30.9 Å². The van der Waals surface area contributed by atoms with E-state index in [-0.39, 0.29) is 84.6 Å². The van der Waals surface area contributed by atoms with Crippen molar-refractivity contribution in [3.63, 3.8) is 0 Å². The third-order valence-electron chi connectivity index (χ3n) is 9.97. The lowest BCUT2D eigenvalue weighted by atomic mass is 9.94. The first kappa shape index (κ1) is 33.7. The first-order valence-electron chi connectivity index (χ1n) is 16.0. The highest BCUT2D eigenvalue weighted by Gasteiger charge is 2.49. The van der Waals surface area contributed by atoms with Crippen molar-refractivity contribution >= 4 is 47.2 Å². The second-order valence-corrected chi connectivity index (χ2v) is 17.4. The highest BCUT2D eigenvalue weighted by Crippen LogP contribution is 2.42. The first-order chi connectivity index (χ1) is 23.2. The van der Waals surface area contributed by atoms with Crippen LogP contribution in [0.15, 0.2) is 30.5 Å². The summed E-state index contributed by atoms with van der Waals surface area (Å²) in [5.74, 6) is -2.27. The third kappa shape index (κ3) is 6.14. The molecule has 2 aromatic heterocycles. The van der Waals surface area contributed by atoms with E-state index in [0.717, 1.165) is 6.42 Å². The molecule has 0 amide bonds. The number of nitrogens with one attached hydrogen (secondary N) is 1. The Balaban J connectivity index is 1.41. The van der Waals surface area contributed by atoms with E-state index >= 15 is 4.39 Å². The van der Waals surface area contributed by atoms with Crippen LogP contribution in [0.4, 0.5) is 19.0 Å². The summed E-state index contributed by atoms with van der Waals surface area (Å²) < 4.78 is 98.7. The SMILES string of the molecule is CCc1c(F)ccc2cc(O)cc(-c3ncc4c(N5CCS(=N)(=O)CC(S(N)(=O)=O)C5)nc(OC[C@@]56CCCN5C[C@H](F)C6)nc4c3F)c12. The molecule has 12 nitrogen and oxygen atoms in total. The summed E-state index contributed by atoms with van der Waals surface area (Å²) in [7, 11) is -7.59. The number of nitrogens with zero attached hydrogens (tertiary/aromatic N) is 5. The topological polar surface area (TPSA) is 176 Å². The molecule has 5 heterocycles. The number of hydrogen-bond donors (Lipinski definition) is 3. The van der Waals surface area contributed by atoms with Gasteiger partial charge in [0, 0.05) is 53.3 Å². The van der Waals surface area contributed by atoms with Gasteiger partial charge in [-0.15, -0.1) is 0 Å². The van der Waals surface area contributed by atoms with Crippen LogP contribution in [0.3, 0.4) is 0 Å². The van der Waals surface area contributed by atoms with Crippen LogP contribution in [-0.4, -0.2) is 98.8 Å². The van der Waals surface area contributed by atoms with Gasteiger partial charge in [0.05, 0.1) is 16.7 Å². The molecule has 2 unspecified atom stereocenters. The zero-order chi connectivity index (χ0) is 34.9. The minimum Gasteiger partial charge on any atom is -0.508 e. The van der Waals surface area contributed by atoms with Gasteiger partial charge in [0.25, 0.3) is 0 Å². The Kier molecular flexibility index (Phi) is 8.39. The van der Waals surface area contributed by atoms with E-state index in [4.69, 9.17) is 14.7 Å². The van der Waals surface area contributed by atoms with Crippen LogP contribution in [0.1, 0.15) is 31.7 Å². The predicted octanol–water partition coefficient (Wildman–Crippen LogP) is 3.87. The van der Waals surface area contributed by atoms with E-state index in [2.05, 4.69) is 15.0 Å². The van der Waals surface area contributed by atoms with Gasteiger partial charge in [0.15, 0.2) is 5.82 Å². The number of rotatable bonds is 7. The van der Waals surface area contributed by atoms with Crippen molar-refractivity contribution in [2.45, 2.75) is 49.6 Å². The molecule has 0 spiro atoms. The Bertz CT molecular complexity index is 2210. The van der Waals surface area contributed by atoms with Crippen molar-refractivity contribution in [2.24, 2.45) is 5.14 Å². The van der Waals surface area contributed by atoms with Gasteiger partial charge in [0.2, 0.25) is 10.0 Å². The summed E-state index contributed by atoms with van der Waals surface area (Å²) in [5, 5.41) is 15.6. The zero-order valence-electron chi connectivity index (χ0n) is 26.7. The maximum Gasteiger partial charge on any atom is 0.319 e. The Morgan fingerprint density at radius 3 is 2.76 bits per heavy atom. The van der Waals surface area contributed by atoms with Gasteiger partial charge >= 0.3 is 6.01 Å². The Morgan fingerprint density at radius 2 is 2.00 bits per heavy atom. The predicted molar refractivity (Wildman–Crippen MR) is 179 cm³/mol. The van der Waals surface area contributed by atoms with Crippen molar-refractivity contribution in [3.8, 4) is 23.0 Å². The highest BCUT2D eigenvalue weighted by molar-refractivity contribution is 7.95. The molecule has 7 rings (SSSR count). The maximum absolute atomic E-state index is 16.9. The average Bonchev–Trinajstić information content (AvgIpc) is 3.50. The normalized spacial score (nSPS) is 26.3. The molecule has 0 saturated carbocycles. The van der Waals surface area contributed by atoms with Crippen LogP contribution in [0.25, 0.3) is 32.9 Å². The number of phenols is 1. The molecule has 0 aliphatic carbocycles. The van der Waals surface area contributed by atoms with E-state index in [1.165, 1.54) is 35.4 Å². The number of phenolic OH excluding ortho intramolecular Hbond substituents is 1. The minimum atomic E-state index is -4.25. The average molecular weight is 720 g/mol. The molecule has 17 heteroatoms. The van der Waals surface area contributed by atoms with Gasteiger partial charge in [-0.3, -0.25) is 14.7 Å². The molecular formula is C32H36F3N7O5S2. The molecule has 4 aromatic rings. The van der Waals surface area contributed by atoms with Gasteiger partial charge < -0.3 is 14.7 Å². The number of fused-ring (bicyclic) bond motifs is 3. The summed E-state index contributed by atoms with van der Waals surface area (Å²) in [5.41, 5.74) is -0.629. The van der Waals surface area contributed by atoms with Gasteiger partial charge in [-0.05, 0) is 60.3 Å². The number of nitrogens with two attached hydrogens (primary N) is 1. The van der Waals surface area contributed by atoms with Crippen molar-refractivity contribution in [1.82, 2.24) is 19.9 Å². The number of aromatic nitrogens is 3. The maximum atomic E-state index is 16.9. The molecular weight excluding hydrogens is 684 g/mol. The smallest absolute Gasteiger partial charge is 0.319 e. The van der Waals surface area contributed by atoms with Crippen molar-refractivity contribution in [2.75, 3.05) is 49.2 Å². The number of halogens is 3. The second-order valence-electron chi connectivity index (χ2n) is 13.2. The van der Waals surface area contributed by atoms with Crippen LogP contribution in [-0.2, 0) is 26.2 Å². The van der Waals surface area contributed by atoms with Gasteiger partial charge in [-0.2, -0.15) is 9.97 Å². The zero-order valence-corrected chi connectivity index (χ0v) is 28.3. The third-order valence-corrected chi connectivity index (χ3v) is 13.2. The molecule has 262 valence electrons. The van der Waals surface area contributed by atoms with Crippen LogP contribution in [0.2, 0.25) is 0 Å². The number of alkyl halides is 1. The molecule has 2 aromatic carbocycles. The fourth-order valence-electron chi connectivity index (χ4n) is 7.62. The molecule has 4 N–H and O–H groups in total. The van der Waals surface area contributed by atoms with Crippen LogP contribution in [0, 0.1) is 16.4 Å². The molecule has 3 saturated heterocycles. The quantitative estimate of drug-likeness (QED) is 0.254. The molecule has 3 aliphatic rings. The number of pyridine rings is 1. The number of benzene rings is 2. The monoisotopic (exact) mass is 719 g/mol. The fraction of sp³-hybridized carbons (Fsp3) is 0.469. The van der Waals surface area contributed by atoms with Gasteiger partial charge in [0.1, 0.15) is 46.6 Å². The number of sulfonamides is 1. The molecule has 3 fully saturated rings. The lowest BCUT2D eigenvalue weighted by Crippen LogP contribution is -2.43. The van der Waals surface area contributed by atoms with E-state index < -0.39 is 54.1 Å². The molecule has 49 heavy (non-hydrogen) atoms. The number of aromatic hydroxyl groups is 1. The lowest BCUT2D eigenvalue weighted by Gasteiger charge is -2.31. The van der Waals surface area contributed by atoms with Crippen LogP contribution < -0.4 is 14.8 Å². The summed E-state index contributed by atoms with van der Waals surface area (Å²) in [4.78, 5) is 16.9. The minimum absolute atomic E-state index is 0.0224. The lowest BCUT2D eigenvalue weighted by molar-refractivity contribution is 0.107. The van der Waals surface area contributed by atoms with E-state index in [1.807, 2.05) is 4.90 Å². The largest absolute Gasteiger partial charge is 0.508 e. The standard InChI is InChI=1S/C32H36F3N7O5S2/c1-2-22-25(34)5-4-18-10-20(43)11-23(26(18)22)28-27(35)29-24(13-38-28)30(41-8-9-48(36,44)16-21(15-41)49(37,45)46)40-31(39-29)47-17-32-6-3-7-42(32)14-19(33)12-32/h4-5,10-11,13,19,21,36,43H,2-3,6-9,12,14-17H2,1H3,(H2,37,45,46)/t19-,21?,32+,48?/m1/s1. The molecule has 0 radical (unpaired) electrons. The van der Waals surface area contributed by atoms with Crippen LogP contribution in [0.5, 0.6) is 11.8 Å². The number of aryl methyl sites for hydroxylation is 1. The molecule has 4 atom stereocenters. The number of anilines is 1. The van der Waals surface area contributed by atoms with Crippen molar-refractivity contribution < 1.29 is 35.6 Å². The number of hydrogen-bond acceptors (Lipinski definition) is 11. The summed E-state index contributed by atoms with van der Waals surface area (Å²) >= 11 is 0. The van der Waals surface area contributed by atoms with E-state index in [1.54, 1.807) is 6.92 Å². The first-order valence-corrected chi connectivity index (χ1v) is 19.5. The Hall–Kier alpha value is -3.80. The summed E-state index contributed by atoms with van der Waals surface area (Å²) in [6.45, 7) is 2.42. The Morgan fingerprint density at radius 1 is 1.20 bits per heavy atom. The summed E-state index contributed by atoms with van der Waals surface area (Å²) in [6.07, 6.45) is 2.36. The second kappa shape index (κ2) is 12.2. The van der Waals surface area contributed by atoms with Crippen LogP contribution >= 0.6 is 0 Å². The fourth-order valence-corrected chi connectivity index (χ4v) is 10.8. The number of ether oxygens (including phenoxy) is 1. The van der Waals surface area contributed by atoms with Gasteiger partial charge in [-0.1, -0.05) is 13.0 Å². The highest BCUT2D eigenvalue weighted by atomic mass is 32.2. The Labute approximate surface area is 281 Å².